The molecule has 1 saturated heterocycles. The molecule has 170 valence electrons. The van der Waals surface area contributed by atoms with Crippen molar-refractivity contribution < 1.29 is 17.9 Å². The van der Waals surface area contributed by atoms with Crippen molar-refractivity contribution in [3.63, 3.8) is 0 Å². The van der Waals surface area contributed by atoms with Crippen molar-refractivity contribution in [1.82, 2.24) is 9.88 Å². The molecule has 10 heteroatoms. The summed E-state index contributed by atoms with van der Waals surface area (Å²) in [5, 5.41) is 3.79. The number of piperazine rings is 1. The fourth-order valence-electron chi connectivity index (χ4n) is 3.47. The van der Waals surface area contributed by atoms with E-state index >= 15 is 0 Å². The molecular weight excluding hydrogens is 448 g/mol. The number of ether oxygens (including phenoxy) is 1. The van der Waals surface area contributed by atoms with E-state index in [4.69, 9.17) is 9.72 Å². The SMILES string of the molecule is COc1ccc(S(=O)(=O)CCC(=O)Nc2ccc3nc(N4CCN(C)CC4)sc3c2)cc1. The van der Waals surface area contributed by atoms with Crippen LogP contribution in [0.2, 0.25) is 0 Å². The molecule has 2 aromatic carbocycles. The van der Waals surface area contributed by atoms with Crippen molar-refractivity contribution in [2.75, 3.05) is 56.3 Å². The average Bonchev–Trinajstić information content (AvgIpc) is 3.22. The molecule has 0 bridgehead atoms. The average molecular weight is 475 g/mol. The molecule has 3 aromatic rings. The summed E-state index contributed by atoms with van der Waals surface area (Å²) in [4.78, 5) is 21.9. The van der Waals surface area contributed by atoms with E-state index in [1.165, 1.54) is 19.2 Å². The van der Waals surface area contributed by atoms with Gasteiger partial charge in [-0.15, -0.1) is 0 Å². The molecule has 0 saturated carbocycles. The molecule has 0 atom stereocenters. The number of hydrogen-bond acceptors (Lipinski definition) is 8. The maximum Gasteiger partial charge on any atom is 0.225 e. The quantitative estimate of drug-likeness (QED) is 0.563. The number of aromatic nitrogens is 1. The number of methoxy groups -OCH3 is 1. The third kappa shape index (κ3) is 5.20. The second-order valence-electron chi connectivity index (χ2n) is 7.76. The molecule has 1 aromatic heterocycles. The van der Waals surface area contributed by atoms with Crippen molar-refractivity contribution in [2.45, 2.75) is 11.3 Å². The maximum atomic E-state index is 12.5. The van der Waals surface area contributed by atoms with E-state index < -0.39 is 9.84 Å². The lowest BCUT2D eigenvalue weighted by molar-refractivity contribution is -0.115. The number of rotatable bonds is 7. The Morgan fingerprint density at radius 3 is 2.53 bits per heavy atom. The highest BCUT2D eigenvalue weighted by molar-refractivity contribution is 7.91. The molecule has 1 fully saturated rings. The van der Waals surface area contributed by atoms with Crippen molar-refractivity contribution in [1.29, 1.82) is 0 Å². The van der Waals surface area contributed by atoms with Crippen LogP contribution in [-0.4, -0.2) is 70.3 Å². The lowest BCUT2D eigenvalue weighted by Crippen LogP contribution is -2.44. The Bertz CT molecular complexity index is 1200. The van der Waals surface area contributed by atoms with Crippen LogP contribution >= 0.6 is 11.3 Å². The van der Waals surface area contributed by atoms with E-state index in [9.17, 15) is 13.2 Å². The lowest BCUT2D eigenvalue weighted by atomic mass is 10.3. The zero-order chi connectivity index (χ0) is 22.7. The molecule has 0 unspecified atom stereocenters. The van der Waals surface area contributed by atoms with E-state index in [1.54, 1.807) is 29.5 Å². The van der Waals surface area contributed by atoms with E-state index in [0.29, 0.717) is 11.4 Å². The van der Waals surface area contributed by atoms with Gasteiger partial charge in [0.15, 0.2) is 15.0 Å². The molecule has 0 radical (unpaired) electrons. The Morgan fingerprint density at radius 2 is 1.84 bits per heavy atom. The largest absolute Gasteiger partial charge is 0.497 e. The van der Waals surface area contributed by atoms with Gasteiger partial charge in [0, 0.05) is 38.3 Å². The molecule has 2 heterocycles. The zero-order valence-corrected chi connectivity index (χ0v) is 19.7. The number of carbonyl (C=O) groups is 1. The summed E-state index contributed by atoms with van der Waals surface area (Å²) < 4.78 is 31.0. The lowest BCUT2D eigenvalue weighted by Gasteiger charge is -2.31. The van der Waals surface area contributed by atoms with Gasteiger partial charge in [0.05, 0.1) is 28.0 Å². The van der Waals surface area contributed by atoms with Gasteiger partial charge in [0.2, 0.25) is 5.91 Å². The first-order valence-corrected chi connectivity index (χ1v) is 12.8. The summed E-state index contributed by atoms with van der Waals surface area (Å²) in [5.74, 6) is -0.0252. The first kappa shape index (κ1) is 22.5. The van der Waals surface area contributed by atoms with Gasteiger partial charge in [-0.25, -0.2) is 13.4 Å². The number of carbonyl (C=O) groups excluding carboxylic acids is 1. The van der Waals surface area contributed by atoms with Crippen LogP contribution in [-0.2, 0) is 14.6 Å². The van der Waals surface area contributed by atoms with Crippen LogP contribution in [0.3, 0.4) is 0 Å². The number of nitrogens with one attached hydrogen (secondary N) is 1. The van der Waals surface area contributed by atoms with E-state index in [2.05, 4.69) is 22.2 Å². The Kier molecular flexibility index (Phi) is 6.63. The second kappa shape index (κ2) is 9.43. The van der Waals surface area contributed by atoms with Gasteiger partial charge < -0.3 is 19.9 Å². The topological polar surface area (TPSA) is 91.8 Å². The van der Waals surface area contributed by atoms with Crippen LogP contribution in [0.1, 0.15) is 6.42 Å². The molecule has 1 aliphatic heterocycles. The summed E-state index contributed by atoms with van der Waals surface area (Å²) in [6, 6.07) is 11.7. The molecule has 1 aliphatic rings. The maximum absolute atomic E-state index is 12.5. The summed E-state index contributed by atoms with van der Waals surface area (Å²) >= 11 is 1.60. The predicted octanol–water partition coefficient (Wildman–Crippen LogP) is 2.86. The normalized spacial score (nSPS) is 15.1. The van der Waals surface area contributed by atoms with Gasteiger partial charge in [-0.3, -0.25) is 4.79 Å². The van der Waals surface area contributed by atoms with Crippen LogP contribution in [0, 0.1) is 0 Å². The summed E-state index contributed by atoms with van der Waals surface area (Å²) in [6.45, 7) is 3.92. The van der Waals surface area contributed by atoms with Crippen molar-refractivity contribution in [3.05, 3.63) is 42.5 Å². The van der Waals surface area contributed by atoms with Crippen LogP contribution in [0.25, 0.3) is 10.2 Å². The van der Waals surface area contributed by atoms with Crippen LogP contribution in [0.5, 0.6) is 5.75 Å². The monoisotopic (exact) mass is 474 g/mol. The third-order valence-corrected chi connectivity index (χ3v) is 8.26. The first-order chi connectivity index (χ1) is 15.3. The molecule has 0 aliphatic carbocycles. The van der Waals surface area contributed by atoms with Gasteiger partial charge in [-0.1, -0.05) is 11.3 Å². The minimum atomic E-state index is -3.55. The Balaban J connectivity index is 1.37. The number of nitrogens with zero attached hydrogens (tertiary/aromatic N) is 3. The number of likely N-dealkylation sites (N-methyl/N-ethyl adjacent to an activating group) is 1. The van der Waals surface area contributed by atoms with Gasteiger partial charge in [-0.2, -0.15) is 0 Å². The highest BCUT2D eigenvalue weighted by Crippen LogP contribution is 2.31. The summed E-state index contributed by atoms with van der Waals surface area (Å²) in [5.41, 5.74) is 1.53. The number of fused-ring (bicyclic) bond motifs is 1. The first-order valence-electron chi connectivity index (χ1n) is 10.3. The molecule has 1 N–H and O–H groups in total. The number of amides is 1. The minimum absolute atomic E-state index is 0.123. The van der Waals surface area contributed by atoms with Crippen molar-refractivity contribution in [2.24, 2.45) is 0 Å². The number of thiazole rings is 1. The minimum Gasteiger partial charge on any atom is -0.497 e. The Morgan fingerprint density at radius 1 is 1.12 bits per heavy atom. The Hall–Kier alpha value is -2.69. The zero-order valence-electron chi connectivity index (χ0n) is 18.1. The molecular formula is C22H26N4O4S2. The standard InChI is InChI=1S/C22H26N4O4S2/c1-25-10-12-26(13-11-25)22-24-19-8-3-16(15-20(19)31-22)23-21(27)9-14-32(28,29)18-6-4-17(30-2)5-7-18/h3-8,15H,9-14H2,1-2H3,(H,23,27). The molecule has 8 nitrogen and oxygen atoms in total. The number of hydrogen-bond donors (Lipinski definition) is 1. The molecule has 4 rings (SSSR count). The van der Waals surface area contributed by atoms with Crippen LogP contribution in [0.15, 0.2) is 47.4 Å². The number of benzene rings is 2. The number of sulfone groups is 1. The van der Waals surface area contributed by atoms with Crippen LogP contribution in [0.4, 0.5) is 10.8 Å². The fraction of sp³-hybridized carbons (Fsp3) is 0.364. The second-order valence-corrected chi connectivity index (χ2v) is 10.9. The summed E-state index contributed by atoms with van der Waals surface area (Å²) in [6.07, 6.45) is -0.123. The van der Waals surface area contributed by atoms with E-state index in [-0.39, 0.29) is 23.0 Å². The van der Waals surface area contributed by atoms with Gasteiger partial charge in [0.25, 0.3) is 0 Å². The van der Waals surface area contributed by atoms with Crippen molar-refractivity contribution >= 4 is 48.1 Å². The van der Waals surface area contributed by atoms with Gasteiger partial charge in [0.1, 0.15) is 5.75 Å². The number of anilines is 2. The highest BCUT2D eigenvalue weighted by Gasteiger charge is 2.19. The van der Waals surface area contributed by atoms with Gasteiger partial charge in [-0.05, 0) is 49.5 Å². The molecule has 1 amide bonds. The Labute approximate surface area is 191 Å². The smallest absolute Gasteiger partial charge is 0.225 e. The van der Waals surface area contributed by atoms with E-state index in [0.717, 1.165) is 41.5 Å². The predicted molar refractivity (Wildman–Crippen MR) is 128 cm³/mol. The fourth-order valence-corrected chi connectivity index (χ4v) is 5.77. The van der Waals surface area contributed by atoms with Crippen LogP contribution < -0.4 is 15.0 Å². The van der Waals surface area contributed by atoms with Crippen molar-refractivity contribution in [3.8, 4) is 5.75 Å². The molecule has 32 heavy (non-hydrogen) atoms. The van der Waals surface area contributed by atoms with Gasteiger partial charge >= 0.3 is 0 Å². The summed E-state index contributed by atoms with van der Waals surface area (Å²) in [7, 11) is 0.0828. The molecule has 0 spiro atoms. The highest BCUT2D eigenvalue weighted by atomic mass is 32.2. The third-order valence-electron chi connectivity index (χ3n) is 5.45. The van der Waals surface area contributed by atoms with E-state index in [1.807, 2.05) is 12.1 Å².